The fourth-order valence-corrected chi connectivity index (χ4v) is 4.65. The number of ketones is 1. The summed E-state index contributed by atoms with van der Waals surface area (Å²) in [5, 5.41) is 10.2. The fourth-order valence-electron chi connectivity index (χ4n) is 2.85. The summed E-state index contributed by atoms with van der Waals surface area (Å²) in [7, 11) is -5.54. The molecule has 2 heterocycles. The Morgan fingerprint density at radius 3 is 2.67 bits per heavy atom. The van der Waals surface area contributed by atoms with Gasteiger partial charge in [-0.3, -0.25) is 4.79 Å². The van der Waals surface area contributed by atoms with Gasteiger partial charge in [-0.25, -0.2) is 13.4 Å². The summed E-state index contributed by atoms with van der Waals surface area (Å²) in [6.07, 6.45) is 1.37. The van der Waals surface area contributed by atoms with Crippen LogP contribution < -0.4 is 4.90 Å². The largest absolute Gasteiger partial charge is 0.501 e. The molecule has 0 saturated carbocycles. The molecule has 2 aromatic rings. The second-order valence-electron chi connectivity index (χ2n) is 6.20. The van der Waals surface area contributed by atoms with E-state index in [-0.39, 0.29) is 16.5 Å². The molecule has 0 unspecified atom stereocenters. The number of aliphatic hydroxyl groups is 1. The van der Waals surface area contributed by atoms with Gasteiger partial charge >= 0.3 is 5.51 Å². The van der Waals surface area contributed by atoms with Gasteiger partial charge in [-0.05, 0) is 25.5 Å². The Kier molecular flexibility index (Phi) is 5.04. The molecule has 1 N–H and O–H groups in total. The number of alkyl halides is 3. The van der Waals surface area contributed by atoms with Crippen LogP contribution in [0.3, 0.4) is 0 Å². The van der Waals surface area contributed by atoms with Crippen molar-refractivity contribution in [1.82, 2.24) is 4.98 Å². The number of anilines is 1. The van der Waals surface area contributed by atoms with E-state index in [2.05, 4.69) is 4.98 Å². The maximum Gasteiger partial charge on any atom is 0.501 e. The standard InChI is InChI=1S/C16H15F3N2O4S2/c1-9-5-11(22)8-21(9)15-20-7-13(26-15)14(23)10-3-2-4-12(6-10)27(24,25)16(17,18)19/h2-4,6-7,9,11,22H,5,8H2,1H3/t9-,11+/m1/s1. The van der Waals surface area contributed by atoms with Crippen molar-refractivity contribution in [2.75, 3.05) is 11.4 Å². The van der Waals surface area contributed by atoms with Crippen LogP contribution in [0.25, 0.3) is 0 Å². The molecule has 27 heavy (non-hydrogen) atoms. The van der Waals surface area contributed by atoms with E-state index in [0.29, 0.717) is 24.2 Å². The number of sulfone groups is 1. The first-order valence-corrected chi connectivity index (χ1v) is 10.2. The number of β-amino-alcohol motifs (C(OH)–C–C–N with tert-alkyl or cyclic N) is 1. The van der Waals surface area contributed by atoms with Crippen LogP contribution in [0.5, 0.6) is 0 Å². The van der Waals surface area contributed by atoms with E-state index >= 15 is 0 Å². The third kappa shape index (κ3) is 3.71. The summed E-state index contributed by atoms with van der Waals surface area (Å²) >= 11 is 1.04. The van der Waals surface area contributed by atoms with Crippen molar-refractivity contribution in [3.63, 3.8) is 0 Å². The van der Waals surface area contributed by atoms with Gasteiger partial charge < -0.3 is 10.0 Å². The Labute approximate surface area is 157 Å². The Morgan fingerprint density at radius 1 is 1.37 bits per heavy atom. The van der Waals surface area contributed by atoms with Gasteiger partial charge in [0.2, 0.25) is 5.78 Å². The lowest BCUT2D eigenvalue weighted by Crippen LogP contribution is -2.26. The van der Waals surface area contributed by atoms with Gasteiger partial charge in [0, 0.05) is 18.2 Å². The minimum absolute atomic E-state index is 0.0364. The van der Waals surface area contributed by atoms with E-state index in [4.69, 9.17) is 0 Å². The summed E-state index contributed by atoms with van der Waals surface area (Å²) < 4.78 is 61.2. The van der Waals surface area contributed by atoms with Gasteiger partial charge in [-0.2, -0.15) is 13.2 Å². The molecule has 0 spiro atoms. The van der Waals surface area contributed by atoms with Crippen molar-refractivity contribution >= 4 is 32.1 Å². The van der Waals surface area contributed by atoms with Gasteiger partial charge in [0.1, 0.15) is 0 Å². The zero-order valence-corrected chi connectivity index (χ0v) is 15.6. The minimum Gasteiger partial charge on any atom is -0.391 e. The number of nitrogens with zero attached hydrogens (tertiary/aromatic N) is 2. The predicted molar refractivity (Wildman–Crippen MR) is 92.7 cm³/mol. The average molecular weight is 420 g/mol. The molecule has 0 aliphatic carbocycles. The summed E-state index contributed by atoms with van der Waals surface area (Å²) in [6, 6.07) is 3.89. The quantitative estimate of drug-likeness (QED) is 0.766. The number of benzene rings is 1. The number of hydrogen-bond donors (Lipinski definition) is 1. The first-order chi connectivity index (χ1) is 12.5. The van der Waals surface area contributed by atoms with Gasteiger partial charge in [-0.1, -0.05) is 23.5 Å². The molecule has 1 aliphatic heterocycles. The molecule has 2 atom stereocenters. The van der Waals surface area contributed by atoms with Gasteiger partial charge in [-0.15, -0.1) is 0 Å². The van der Waals surface area contributed by atoms with Crippen LogP contribution in [0, 0.1) is 0 Å². The van der Waals surface area contributed by atoms with Crippen LogP contribution in [0.2, 0.25) is 0 Å². The maximum atomic E-state index is 12.7. The smallest absolute Gasteiger partial charge is 0.391 e. The lowest BCUT2D eigenvalue weighted by Gasteiger charge is -2.19. The maximum absolute atomic E-state index is 12.7. The summed E-state index contributed by atoms with van der Waals surface area (Å²) in [5.41, 5.74) is -5.62. The van der Waals surface area contributed by atoms with E-state index in [1.165, 1.54) is 12.3 Å². The van der Waals surface area contributed by atoms with Crippen LogP contribution >= 0.6 is 11.3 Å². The normalized spacial score (nSPS) is 20.9. The van der Waals surface area contributed by atoms with E-state index in [1.807, 2.05) is 11.8 Å². The highest BCUT2D eigenvalue weighted by molar-refractivity contribution is 7.92. The zero-order chi connectivity index (χ0) is 20.0. The highest BCUT2D eigenvalue weighted by atomic mass is 32.2. The van der Waals surface area contributed by atoms with E-state index in [1.54, 1.807) is 0 Å². The number of halogens is 3. The molecule has 1 aromatic heterocycles. The molecule has 0 bridgehead atoms. The van der Waals surface area contributed by atoms with Crippen LogP contribution in [-0.4, -0.2) is 48.5 Å². The van der Waals surface area contributed by atoms with Crippen LogP contribution in [0.4, 0.5) is 18.3 Å². The molecular weight excluding hydrogens is 405 g/mol. The van der Waals surface area contributed by atoms with Crippen LogP contribution in [-0.2, 0) is 9.84 Å². The molecule has 1 fully saturated rings. The van der Waals surface area contributed by atoms with Crippen molar-refractivity contribution < 1.29 is 31.5 Å². The first-order valence-electron chi connectivity index (χ1n) is 7.87. The molecule has 0 radical (unpaired) electrons. The molecule has 1 aromatic carbocycles. The fraction of sp³-hybridized carbons (Fsp3) is 0.375. The highest BCUT2D eigenvalue weighted by Gasteiger charge is 2.47. The summed E-state index contributed by atoms with van der Waals surface area (Å²) in [5.74, 6) is -0.620. The van der Waals surface area contributed by atoms with Crippen LogP contribution in [0.1, 0.15) is 28.6 Å². The lowest BCUT2D eigenvalue weighted by molar-refractivity contribution is -0.0436. The Balaban J connectivity index is 1.89. The van der Waals surface area contributed by atoms with E-state index in [9.17, 15) is 31.5 Å². The zero-order valence-electron chi connectivity index (χ0n) is 14.0. The topological polar surface area (TPSA) is 87.6 Å². The summed E-state index contributed by atoms with van der Waals surface area (Å²) in [6.45, 7) is 2.28. The average Bonchev–Trinajstić information content (AvgIpc) is 3.19. The van der Waals surface area contributed by atoms with Crippen molar-refractivity contribution in [3.05, 3.63) is 40.9 Å². The number of carbonyl (C=O) groups is 1. The molecule has 3 rings (SSSR count). The van der Waals surface area contributed by atoms with Gasteiger partial charge in [0.25, 0.3) is 9.84 Å². The SMILES string of the molecule is C[C@@H]1C[C@H](O)CN1c1ncc(C(=O)c2cccc(S(=O)(=O)C(F)(F)F)c2)s1. The molecule has 146 valence electrons. The minimum atomic E-state index is -5.54. The summed E-state index contributed by atoms with van der Waals surface area (Å²) in [4.78, 5) is 17.8. The number of rotatable bonds is 4. The number of aromatic nitrogens is 1. The second kappa shape index (κ2) is 6.88. The molecule has 11 heteroatoms. The van der Waals surface area contributed by atoms with E-state index < -0.39 is 32.1 Å². The Hall–Kier alpha value is -1.98. The number of thiazole rings is 1. The van der Waals surface area contributed by atoms with Crippen molar-refractivity contribution in [2.24, 2.45) is 0 Å². The Morgan fingerprint density at radius 2 is 2.07 bits per heavy atom. The van der Waals surface area contributed by atoms with Crippen LogP contribution in [0.15, 0.2) is 35.4 Å². The van der Waals surface area contributed by atoms with E-state index in [0.717, 1.165) is 23.5 Å². The van der Waals surface area contributed by atoms with Crippen molar-refractivity contribution in [2.45, 2.75) is 35.9 Å². The highest BCUT2D eigenvalue weighted by Crippen LogP contribution is 2.33. The third-order valence-corrected chi connectivity index (χ3v) is 6.74. The Bertz CT molecular complexity index is 972. The number of hydrogen-bond acceptors (Lipinski definition) is 7. The number of carbonyl (C=O) groups excluding carboxylic acids is 1. The molecule has 6 nitrogen and oxygen atoms in total. The third-order valence-electron chi connectivity index (χ3n) is 4.23. The monoisotopic (exact) mass is 420 g/mol. The second-order valence-corrected chi connectivity index (χ2v) is 9.15. The van der Waals surface area contributed by atoms with Gasteiger partial charge in [0.15, 0.2) is 5.13 Å². The lowest BCUT2D eigenvalue weighted by atomic mass is 10.1. The molecular formula is C16H15F3N2O4S2. The molecule has 1 saturated heterocycles. The first kappa shape index (κ1) is 19.8. The van der Waals surface area contributed by atoms with Gasteiger partial charge in [0.05, 0.1) is 22.1 Å². The van der Waals surface area contributed by atoms with Crippen molar-refractivity contribution in [1.29, 1.82) is 0 Å². The van der Waals surface area contributed by atoms with Crippen molar-refractivity contribution in [3.8, 4) is 0 Å². The predicted octanol–water partition coefficient (Wildman–Crippen LogP) is 2.63. The molecule has 1 aliphatic rings. The number of aliphatic hydroxyl groups excluding tert-OH is 1. The molecule has 0 amide bonds.